The second kappa shape index (κ2) is 4.87. The molecular weight excluding hydrogens is 186 g/mol. The number of para-hydroxylation sites is 1. The van der Waals surface area contributed by atoms with Crippen LogP contribution in [-0.2, 0) is 4.79 Å². The van der Waals surface area contributed by atoms with Gasteiger partial charge in [-0.05, 0) is 24.5 Å². The van der Waals surface area contributed by atoms with Gasteiger partial charge in [0.1, 0.15) is 0 Å². The zero-order chi connectivity index (χ0) is 11.4. The summed E-state index contributed by atoms with van der Waals surface area (Å²) >= 11 is 0. The quantitative estimate of drug-likeness (QED) is 0.691. The zero-order valence-electron chi connectivity index (χ0n) is 9.74. The van der Waals surface area contributed by atoms with Crippen LogP contribution in [0.15, 0.2) is 29.3 Å². The van der Waals surface area contributed by atoms with Gasteiger partial charge in [-0.1, -0.05) is 32.0 Å². The van der Waals surface area contributed by atoms with Crippen LogP contribution < -0.4 is 0 Å². The Morgan fingerprint density at radius 1 is 1.20 bits per heavy atom. The third kappa shape index (κ3) is 3.01. The first-order chi connectivity index (χ1) is 7.02. The average Bonchev–Trinajstić information content (AvgIpc) is 2.18. The molecule has 0 saturated carbocycles. The molecule has 0 saturated heterocycles. The van der Waals surface area contributed by atoms with Crippen molar-refractivity contribution in [2.45, 2.75) is 33.6 Å². The van der Waals surface area contributed by atoms with Crippen molar-refractivity contribution in [3.05, 3.63) is 29.8 Å². The molecule has 15 heavy (non-hydrogen) atoms. The third-order valence-electron chi connectivity index (χ3n) is 2.36. The molecule has 1 aromatic rings. The summed E-state index contributed by atoms with van der Waals surface area (Å²) in [5, 5.41) is 0. The first-order valence-electron chi connectivity index (χ1n) is 5.17. The van der Waals surface area contributed by atoms with E-state index in [0.717, 1.165) is 5.69 Å². The molecule has 2 heteroatoms. The highest BCUT2D eigenvalue weighted by molar-refractivity contribution is 6.38. The molecule has 0 radical (unpaired) electrons. The number of benzene rings is 1. The molecule has 0 heterocycles. The van der Waals surface area contributed by atoms with Gasteiger partial charge < -0.3 is 0 Å². The highest BCUT2D eigenvalue weighted by Crippen LogP contribution is 2.26. The number of Topliss-reactive ketones (excluding diaryl/α,β-unsaturated/α-hetero) is 1. The third-order valence-corrected chi connectivity index (χ3v) is 2.36. The minimum Gasteiger partial charge on any atom is -0.293 e. The number of carbonyl (C=O) groups excluding carboxylic acids is 1. The van der Waals surface area contributed by atoms with E-state index in [1.807, 2.05) is 18.2 Å². The maximum atomic E-state index is 11.1. The Labute approximate surface area is 91.0 Å². The fraction of sp³-hybridized carbons (Fsp3) is 0.385. The molecule has 80 valence electrons. The average molecular weight is 203 g/mol. The Bertz CT molecular complexity index is 391. The number of hydrogen-bond donors (Lipinski definition) is 0. The molecule has 0 aliphatic rings. The van der Waals surface area contributed by atoms with Crippen molar-refractivity contribution in [3.63, 3.8) is 0 Å². The molecule has 0 N–H and O–H groups in total. The van der Waals surface area contributed by atoms with Gasteiger partial charge in [0, 0.05) is 6.92 Å². The number of aliphatic imine (C=N–C) groups is 1. The van der Waals surface area contributed by atoms with Crippen molar-refractivity contribution < 1.29 is 4.79 Å². The van der Waals surface area contributed by atoms with Crippen LogP contribution in [-0.4, -0.2) is 11.5 Å². The monoisotopic (exact) mass is 203 g/mol. The van der Waals surface area contributed by atoms with Crippen molar-refractivity contribution in [1.29, 1.82) is 0 Å². The Kier molecular flexibility index (Phi) is 3.78. The summed E-state index contributed by atoms with van der Waals surface area (Å²) in [6.07, 6.45) is 0. The lowest BCUT2D eigenvalue weighted by Gasteiger charge is -2.08. The fourth-order valence-corrected chi connectivity index (χ4v) is 1.34. The van der Waals surface area contributed by atoms with Gasteiger partial charge in [-0.3, -0.25) is 4.79 Å². The van der Waals surface area contributed by atoms with Gasteiger partial charge in [-0.2, -0.15) is 0 Å². The largest absolute Gasteiger partial charge is 0.293 e. The molecule has 1 rings (SSSR count). The maximum absolute atomic E-state index is 11.1. The predicted octanol–water partition coefficient (Wildman–Crippen LogP) is 3.49. The summed E-state index contributed by atoms with van der Waals surface area (Å²) in [4.78, 5) is 15.4. The van der Waals surface area contributed by atoms with Gasteiger partial charge in [-0.25, -0.2) is 4.99 Å². The normalized spacial score (nSPS) is 11.9. The lowest BCUT2D eigenvalue weighted by Crippen LogP contribution is -2.03. The summed E-state index contributed by atoms with van der Waals surface area (Å²) < 4.78 is 0. The number of rotatable bonds is 3. The number of carbonyl (C=O) groups is 1. The Morgan fingerprint density at radius 3 is 2.33 bits per heavy atom. The molecule has 2 nitrogen and oxygen atoms in total. The minimum absolute atomic E-state index is 0.0218. The van der Waals surface area contributed by atoms with Gasteiger partial charge in [0.05, 0.1) is 11.4 Å². The van der Waals surface area contributed by atoms with Crippen LogP contribution in [0.5, 0.6) is 0 Å². The van der Waals surface area contributed by atoms with E-state index < -0.39 is 0 Å². The molecule has 0 fully saturated rings. The van der Waals surface area contributed by atoms with Crippen LogP contribution >= 0.6 is 0 Å². The minimum atomic E-state index is 0.0218. The van der Waals surface area contributed by atoms with E-state index in [9.17, 15) is 4.79 Å². The van der Waals surface area contributed by atoms with Crippen LogP contribution in [0.25, 0.3) is 0 Å². The van der Waals surface area contributed by atoms with Gasteiger partial charge >= 0.3 is 0 Å². The summed E-state index contributed by atoms with van der Waals surface area (Å²) in [5.74, 6) is 0.443. The predicted molar refractivity (Wildman–Crippen MR) is 64.0 cm³/mol. The molecule has 0 aliphatic carbocycles. The first-order valence-corrected chi connectivity index (χ1v) is 5.17. The molecular formula is C13H17NO. The Balaban J connectivity index is 3.14. The number of hydrogen-bond acceptors (Lipinski definition) is 2. The SMILES string of the molecule is CC(=O)/C(C)=N/c1ccccc1C(C)C. The smallest absolute Gasteiger partial charge is 0.173 e. The zero-order valence-corrected chi connectivity index (χ0v) is 9.74. The van der Waals surface area contributed by atoms with Gasteiger partial charge in [0.25, 0.3) is 0 Å². The van der Waals surface area contributed by atoms with E-state index in [1.165, 1.54) is 12.5 Å². The molecule has 0 atom stereocenters. The Morgan fingerprint density at radius 2 is 1.80 bits per heavy atom. The molecule has 0 aliphatic heterocycles. The van der Waals surface area contributed by atoms with Crippen molar-refractivity contribution in [3.8, 4) is 0 Å². The Hall–Kier alpha value is -1.44. The van der Waals surface area contributed by atoms with Crippen LogP contribution in [0.3, 0.4) is 0 Å². The maximum Gasteiger partial charge on any atom is 0.173 e. The molecule has 0 bridgehead atoms. The van der Waals surface area contributed by atoms with Crippen LogP contribution in [0.2, 0.25) is 0 Å². The van der Waals surface area contributed by atoms with E-state index >= 15 is 0 Å². The van der Waals surface area contributed by atoms with Gasteiger partial charge in [-0.15, -0.1) is 0 Å². The van der Waals surface area contributed by atoms with E-state index in [2.05, 4.69) is 24.9 Å². The summed E-state index contributed by atoms with van der Waals surface area (Å²) in [7, 11) is 0. The summed E-state index contributed by atoms with van der Waals surface area (Å²) in [5.41, 5.74) is 2.64. The standard InChI is InChI=1S/C13H17NO/c1-9(2)12-7-5-6-8-13(12)14-10(3)11(4)15/h5-9H,1-4H3/b14-10+. The highest BCUT2D eigenvalue weighted by Gasteiger charge is 2.06. The van der Waals surface area contributed by atoms with Crippen molar-refractivity contribution in [2.75, 3.05) is 0 Å². The van der Waals surface area contributed by atoms with Crippen molar-refractivity contribution >= 4 is 17.2 Å². The van der Waals surface area contributed by atoms with E-state index in [0.29, 0.717) is 11.6 Å². The van der Waals surface area contributed by atoms with E-state index in [-0.39, 0.29) is 5.78 Å². The van der Waals surface area contributed by atoms with Crippen molar-refractivity contribution in [1.82, 2.24) is 0 Å². The molecule has 0 aromatic heterocycles. The summed E-state index contributed by atoms with van der Waals surface area (Å²) in [6.45, 7) is 7.53. The van der Waals surface area contributed by atoms with Gasteiger partial charge in [0.2, 0.25) is 0 Å². The molecule has 0 amide bonds. The lowest BCUT2D eigenvalue weighted by molar-refractivity contribution is -0.111. The van der Waals surface area contributed by atoms with Crippen LogP contribution in [0.4, 0.5) is 5.69 Å². The highest BCUT2D eigenvalue weighted by atomic mass is 16.1. The van der Waals surface area contributed by atoms with E-state index in [1.54, 1.807) is 6.92 Å². The van der Waals surface area contributed by atoms with Crippen molar-refractivity contribution in [2.24, 2.45) is 4.99 Å². The molecule has 0 unspecified atom stereocenters. The van der Waals surface area contributed by atoms with Gasteiger partial charge in [0.15, 0.2) is 5.78 Å². The van der Waals surface area contributed by atoms with Crippen LogP contribution in [0.1, 0.15) is 39.2 Å². The second-order valence-corrected chi connectivity index (χ2v) is 3.97. The lowest BCUT2D eigenvalue weighted by atomic mass is 10.0. The second-order valence-electron chi connectivity index (χ2n) is 3.97. The van der Waals surface area contributed by atoms with Crippen LogP contribution in [0, 0.1) is 0 Å². The topological polar surface area (TPSA) is 29.4 Å². The summed E-state index contributed by atoms with van der Waals surface area (Å²) in [6, 6.07) is 7.94. The number of nitrogens with zero attached hydrogens (tertiary/aromatic N) is 1. The van der Waals surface area contributed by atoms with E-state index in [4.69, 9.17) is 0 Å². The molecule has 0 spiro atoms. The number of ketones is 1. The fourth-order valence-electron chi connectivity index (χ4n) is 1.34. The first kappa shape index (κ1) is 11.6. The molecule has 1 aromatic carbocycles.